The van der Waals surface area contributed by atoms with Crippen molar-refractivity contribution >= 4 is 11.6 Å². The molecule has 2 heteroatoms. The highest BCUT2D eigenvalue weighted by Gasteiger charge is 2.17. The van der Waals surface area contributed by atoms with E-state index in [9.17, 15) is 5.11 Å². The number of rotatable bonds is 9. The Labute approximate surface area is 93.9 Å². The summed E-state index contributed by atoms with van der Waals surface area (Å²) >= 11 is 5.62. The minimum atomic E-state index is -0.648. The molecule has 0 aliphatic heterocycles. The number of unbranched alkanes of at least 4 members (excludes halogenated alkanes) is 6. The molecule has 1 atom stereocenters. The second kappa shape index (κ2) is 8.55. The molecular weight excluding hydrogens is 196 g/mol. The third-order valence-electron chi connectivity index (χ3n) is 2.61. The number of hydrogen-bond acceptors (Lipinski definition) is 1. The summed E-state index contributed by atoms with van der Waals surface area (Å²) in [5.74, 6) is 0.350. The van der Waals surface area contributed by atoms with E-state index in [1.165, 1.54) is 38.5 Å². The molecule has 86 valence electrons. The van der Waals surface area contributed by atoms with Gasteiger partial charge in [0.1, 0.15) is 0 Å². The zero-order valence-corrected chi connectivity index (χ0v) is 10.4. The maximum Gasteiger partial charge on any atom is 0.0754 e. The van der Waals surface area contributed by atoms with Crippen molar-refractivity contribution in [2.24, 2.45) is 0 Å². The van der Waals surface area contributed by atoms with Crippen molar-refractivity contribution in [3.8, 4) is 0 Å². The van der Waals surface area contributed by atoms with Crippen molar-refractivity contribution in [1.82, 2.24) is 0 Å². The van der Waals surface area contributed by atoms with Gasteiger partial charge >= 0.3 is 0 Å². The first-order valence-electron chi connectivity index (χ1n) is 5.91. The van der Waals surface area contributed by atoms with Crippen molar-refractivity contribution in [1.29, 1.82) is 0 Å². The van der Waals surface area contributed by atoms with Crippen molar-refractivity contribution < 1.29 is 5.11 Å². The van der Waals surface area contributed by atoms with Crippen molar-refractivity contribution in [2.75, 3.05) is 5.88 Å². The summed E-state index contributed by atoms with van der Waals surface area (Å²) in [4.78, 5) is 0. The average Bonchev–Trinajstić information content (AvgIpc) is 2.16. The summed E-state index contributed by atoms with van der Waals surface area (Å²) < 4.78 is 0. The van der Waals surface area contributed by atoms with Gasteiger partial charge in [0.25, 0.3) is 0 Å². The summed E-state index contributed by atoms with van der Waals surface area (Å²) in [5, 5.41) is 9.63. The molecular formula is C12H25ClO. The number of halogens is 1. The molecule has 1 N–H and O–H groups in total. The first-order chi connectivity index (χ1) is 6.62. The van der Waals surface area contributed by atoms with Gasteiger partial charge in [0.2, 0.25) is 0 Å². The fraction of sp³-hybridized carbons (Fsp3) is 1.00. The molecule has 0 bridgehead atoms. The van der Waals surface area contributed by atoms with Crippen molar-refractivity contribution in [3.05, 3.63) is 0 Å². The monoisotopic (exact) mass is 220 g/mol. The fourth-order valence-corrected chi connectivity index (χ4v) is 1.66. The molecule has 0 amide bonds. The van der Waals surface area contributed by atoms with Gasteiger partial charge in [-0.25, -0.2) is 0 Å². The lowest BCUT2D eigenvalue weighted by Crippen LogP contribution is -2.25. The molecule has 0 rings (SSSR count). The standard InChI is InChI=1S/C12H25ClO/c1-3-4-5-6-7-8-9-10-12(2,14)11-13/h14H,3-11H2,1-2H3. The minimum absolute atomic E-state index is 0.350. The normalized spacial score (nSPS) is 15.4. The summed E-state index contributed by atoms with van der Waals surface area (Å²) in [5.41, 5.74) is -0.648. The lowest BCUT2D eigenvalue weighted by Gasteiger charge is -2.19. The summed E-state index contributed by atoms with van der Waals surface area (Å²) in [6.07, 6.45) is 9.85. The molecule has 0 fully saturated rings. The number of hydrogen-bond donors (Lipinski definition) is 1. The predicted molar refractivity (Wildman–Crippen MR) is 64.0 cm³/mol. The Balaban J connectivity index is 3.13. The number of alkyl halides is 1. The van der Waals surface area contributed by atoms with Crippen LogP contribution in [-0.2, 0) is 0 Å². The van der Waals surface area contributed by atoms with Crippen LogP contribution in [0, 0.1) is 0 Å². The zero-order valence-electron chi connectivity index (χ0n) is 9.69. The van der Waals surface area contributed by atoms with Gasteiger partial charge in [-0.2, -0.15) is 0 Å². The van der Waals surface area contributed by atoms with Crippen LogP contribution < -0.4 is 0 Å². The minimum Gasteiger partial charge on any atom is -0.389 e. The molecule has 0 saturated heterocycles. The van der Waals surface area contributed by atoms with E-state index in [0.29, 0.717) is 5.88 Å². The third-order valence-corrected chi connectivity index (χ3v) is 3.18. The smallest absolute Gasteiger partial charge is 0.0754 e. The van der Waals surface area contributed by atoms with Gasteiger partial charge in [0, 0.05) is 0 Å². The highest BCUT2D eigenvalue weighted by atomic mass is 35.5. The van der Waals surface area contributed by atoms with Crippen LogP contribution >= 0.6 is 11.6 Å². The van der Waals surface area contributed by atoms with E-state index in [4.69, 9.17) is 11.6 Å². The van der Waals surface area contributed by atoms with E-state index in [0.717, 1.165) is 12.8 Å². The van der Waals surface area contributed by atoms with Gasteiger partial charge < -0.3 is 5.11 Å². The molecule has 0 heterocycles. The van der Waals surface area contributed by atoms with E-state index in [1.54, 1.807) is 0 Å². The van der Waals surface area contributed by atoms with Crippen LogP contribution in [0.5, 0.6) is 0 Å². The third kappa shape index (κ3) is 8.83. The van der Waals surface area contributed by atoms with E-state index < -0.39 is 5.60 Å². The van der Waals surface area contributed by atoms with Crippen LogP contribution in [0.25, 0.3) is 0 Å². The first-order valence-corrected chi connectivity index (χ1v) is 6.44. The SMILES string of the molecule is CCCCCCCCCC(C)(O)CCl. The molecule has 0 aromatic heterocycles. The molecule has 0 radical (unpaired) electrons. The van der Waals surface area contributed by atoms with Gasteiger partial charge in [-0.15, -0.1) is 11.6 Å². The Morgan fingerprint density at radius 1 is 1.00 bits per heavy atom. The van der Waals surface area contributed by atoms with Gasteiger partial charge in [0.15, 0.2) is 0 Å². The lowest BCUT2D eigenvalue weighted by molar-refractivity contribution is 0.0716. The molecule has 1 unspecified atom stereocenters. The van der Waals surface area contributed by atoms with Crippen LogP contribution in [0.1, 0.15) is 65.2 Å². The summed E-state index contributed by atoms with van der Waals surface area (Å²) in [6, 6.07) is 0. The van der Waals surface area contributed by atoms with E-state index >= 15 is 0 Å². The highest BCUT2D eigenvalue weighted by molar-refractivity contribution is 6.18. The van der Waals surface area contributed by atoms with Gasteiger partial charge in [-0.3, -0.25) is 0 Å². The molecule has 0 aliphatic carbocycles. The Hall–Kier alpha value is 0.250. The topological polar surface area (TPSA) is 20.2 Å². The van der Waals surface area contributed by atoms with Crippen LogP contribution in [0.3, 0.4) is 0 Å². The summed E-state index contributed by atoms with van der Waals surface area (Å²) in [6.45, 7) is 4.05. The molecule has 0 aromatic carbocycles. The Morgan fingerprint density at radius 2 is 1.50 bits per heavy atom. The van der Waals surface area contributed by atoms with Crippen molar-refractivity contribution in [2.45, 2.75) is 70.8 Å². The second-order valence-corrected chi connectivity index (χ2v) is 4.77. The maximum absolute atomic E-state index is 9.63. The molecule has 0 aliphatic rings. The number of aliphatic hydroxyl groups is 1. The Morgan fingerprint density at radius 3 is 2.00 bits per heavy atom. The highest BCUT2D eigenvalue weighted by Crippen LogP contribution is 2.17. The van der Waals surface area contributed by atoms with Crippen molar-refractivity contribution in [3.63, 3.8) is 0 Å². The van der Waals surface area contributed by atoms with E-state index in [-0.39, 0.29) is 0 Å². The van der Waals surface area contributed by atoms with Gasteiger partial charge in [-0.1, -0.05) is 51.9 Å². The van der Waals surface area contributed by atoms with Crippen LogP contribution in [0.15, 0.2) is 0 Å². The first kappa shape index (κ1) is 14.2. The van der Waals surface area contributed by atoms with Gasteiger partial charge in [-0.05, 0) is 13.3 Å². The molecule has 1 nitrogen and oxygen atoms in total. The largest absolute Gasteiger partial charge is 0.389 e. The Kier molecular flexibility index (Phi) is 8.70. The predicted octanol–water partition coefficient (Wildman–Crippen LogP) is 4.12. The van der Waals surface area contributed by atoms with Gasteiger partial charge in [0.05, 0.1) is 11.5 Å². The molecule has 0 saturated carbocycles. The van der Waals surface area contributed by atoms with E-state index in [1.807, 2.05) is 6.92 Å². The van der Waals surface area contributed by atoms with Crippen LogP contribution in [0.2, 0.25) is 0 Å². The molecule has 0 aromatic rings. The van der Waals surface area contributed by atoms with E-state index in [2.05, 4.69) is 6.92 Å². The quantitative estimate of drug-likeness (QED) is 0.458. The fourth-order valence-electron chi connectivity index (χ4n) is 1.53. The average molecular weight is 221 g/mol. The van der Waals surface area contributed by atoms with Crippen LogP contribution in [-0.4, -0.2) is 16.6 Å². The lowest BCUT2D eigenvalue weighted by atomic mass is 9.99. The summed E-state index contributed by atoms with van der Waals surface area (Å²) in [7, 11) is 0. The maximum atomic E-state index is 9.63. The Bertz CT molecular complexity index is 123. The second-order valence-electron chi connectivity index (χ2n) is 4.50. The molecule has 0 spiro atoms. The van der Waals surface area contributed by atoms with Crippen LogP contribution in [0.4, 0.5) is 0 Å². The molecule has 14 heavy (non-hydrogen) atoms. The zero-order chi connectivity index (χ0) is 10.9.